The Morgan fingerprint density at radius 2 is 2.27 bits per heavy atom. The fourth-order valence-electron chi connectivity index (χ4n) is 0.984. The van der Waals surface area contributed by atoms with Gasteiger partial charge in [0.1, 0.15) is 5.69 Å². The molecule has 0 aromatic carbocycles. The van der Waals surface area contributed by atoms with E-state index in [-0.39, 0.29) is 10.9 Å². The Kier molecular flexibility index (Phi) is 3.92. The fourth-order valence-corrected chi connectivity index (χ4v) is 1.70. The minimum absolute atomic E-state index is 0.0608. The summed E-state index contributed by atoms with van der Waals surface area (Å²) in [4.78, 5) is 13.1. The summed E-state index contributed by atoms with van der Waals surface area (Å²) in [5.41, 5.74) is -0.937. The largest absolute Gasteiger partial charge is 0.310 e. The molecule has 82 valence electrons. The normalized spacial score (nSPS) is 10.7. The van der Waals surface area contributed by atoms with Crippen LogP contribution in [-0.2, 0) is 5.33 Å². The van der Waals surface area contributed by atoms with E-state index in [2.05, 4.69) is 20.9 Å². The highest BCUT2D eigenvalue weighted by molar-refractivity contribution is 9.08. The van der Waals surface area contributed by atoms with Crippen LogP contribution in [-0.4, -0.2) is 9.91 Å². The molecule has 0 saturated carbocycles. The molecule has 1 heterocycles. The van der Waals surface area contributed by atoms with E-state index in [4.69, 9.17) is 11.6 Å². The van der Waals surface area contributed by atoms with Gasteiger partial charge in [-0.15, -0.1) is 0 Å². The number of hydrogen-bond donors (Lipinski definition) is 0. The molecule has 0 aliphatic heterocycles. The van der Waals surface area contributed by atoms with Gasteiger partial charge in [0.15, 0.2) is 0 Å². The summed E-state index contributed by atoms with van der Waals surface area (Å²) >= 11 is 8.40. The van der Waals surface area contributed by atoms with E-state index in [1.165, 1.54) is 0 Å². The van der Waals surface area contributed by atoms with Crippen LogP contribution in [0.4, 0.5) is 14.5 Å². The predicted octanol–water partition coefficient (Wildman–Crippen LogP) is 3.48. The fraction of sp³-hybridized carbons (Fsp3) is 0.286. The van der Waals surface area contributed by atoms with E-state index in [0.717, 1.165) is 6.07 Å². The molecule has 4 nitrogen and oxygen atoms in total. The summed E-state index contributed by atoms with van der Waals surface area (Å²) in [7, 11) is 0. The van der Waals surface area contributed by atoms with Gasteiger partial charge in [-0.3, -0.25) is 10.1 Å². The summed E-state index contributed by atoms with van der Waals surface area (Å²) in [5, 5.41) is 10.1. The van der Waals surface area contributed by atoms with Gasteiger partial charge < -0.3 is 0 Å². The second-order valence-corrected chi connectivity index (χ2v) is 3.46. The van der Waals surface area contributed by atoms with E-state index in [0.29, 0.717) is 0 Å². The molecular weight excluding hydrogens is 297 g/mol. The molecule has 0 N–H and O–H groups in total. The lowest BCUT2D eigenvalue weighted by Crippen LogP contribution is -2.00. The highest BCUT2D eigenvalue weighted by Gasteiger charge is 2.23. The average molecular weight is 301 g/mol. The number of aromatic nitrogens is 1. The first-order chi connectivity index (χ1) is 6.97. The van der Waals surface area contributed by atoms with Crippen LogP contribution in [0.1, 0.15) is 17.7 Å². The maximum absolute atomic E-state index is 12.3. The van der Waals surface area contributed by atoms with Crippen LogP contribution >= 0.6 is 27.5 Å². The standard InChI is InChI=1S/C7H4BrClF2N2O2/c8-2-3-1-4(7(10)11)12-6(9)5(3)13(14)15/h1,7H,2H2. The lowest BCUT2D eigenvalue weighted by Gasteiger charge is -2.04. The molecule has 0 aliphatic carbocycles. The van der Waals surface area contributed by atoms with Gasteiger partial charge in [0.25, 0.3) is 6.43 Å². The van der Waals surface area contributed by atoms with Gasteiger partial charge >= 0.3 is 5.69 Å². The molecule has 1 rings (SSSR count). The summed E-state index contributed by atoms with van der Waals surface area (Å²) in [5.74, 6) is 0. The maximum atomic E-state index is 12.3. The van der Waals surface area contributed by atoms with E-state index in [9.17, 15) is 18.9 Å². The molecule has 0 saturated heterocycles. The lowest BCUT2D eigenvalue weighted by molar-refractivity contribution is -0.385. The molecule has 0 bridgehead atoms. The smallest absolute Gasteiger partial charge is 0.258 e. The summed E-state index contributed by atoms with van der Waals surface area (Å²) in [6.07, 6.45) is -2.80. The first kappa shape index (κ1) is 12.3. The second kappa shape index (κ2) is 4.80. The van der Waals surface area contributed by atoms with E-state index < -0.39 is 27.9 Å². The van der Waals surface area contributed by atoms with Crippen LogP contribution in [0.5, 0.6) is 0 Å². The Balaban J connectivity index is 3.37. The van der Waals surface area contributed by atoms with Crippen molar-refractivity contribution in [3.8, 4) is 0 Å². The van der Waals surface area contributed by atoms with Gasteiger partial charge in [-0.05, 0) is 6.07 Å². The zero-order valence-electron chi connectivity index (χ0n) is 7.08. The van der Waals surface area contributed by atoms with Gasteiger partial charge in [-0.25, -0.2) is 13.8 Å². The zero-order valence-corrected chi connectivity index (χ0v) is 9.43. The van der Waals surface area contributed by atoms with Crippen LogP contribution in [0.25, 0.3) is 0 Å². The quantitative estimate of drug-likeness (QED) is 0.372. The zero-order chi connectivity index (χ0) is 11.6. The Hall–Kier alpha value is -0.820. The SMILES string of the molecule is O=[N+]([O-])c1c(CBr)cc(C(F)F)nc1Cl. The molecule has 0 radical (unpaired) electrons. The molecule has 0 spiro atoms. The third kappa shape index (κ3) is 2.60. The van der Waals surface area contributed by atoms with Gasteiger partial charge in [-0.2, -0.15) is 0 Å². The second-order valence-electron chi connectivity index (χ2n) is 2.54. The van der Waals surface area contributed by atoms with Crippen molar-refractivity contribution in [2.24, 2.45) is 0 Å². The monoisotopic (exact) mass is 300 g/mol. The summed E-state index contributed by atoms with van der Waals surface area (Å²) in [6.45, 7) is 0. The van der Waals surface area contributed by atoms with Gasteiger partial charge in [0.05, 0.1) is 4.92 Å². The van der Waals surface area contributed by atoms with E-state index in [1.807, 2.05) is 0 Å². The van der Waals surface area contributed by atoms with Crippen molar-refractivity contribution in [3.63, 3.8) is 0 Å². The van der Waals surface area contributed by atoms with Crippen molar-refractivity contribution < 1.29 is 13.7 Å². The number of nitrogens with zero attached hydrogens (tertiary/aromatic N) is 2. The summed E-state index contributed by atoms with van der Waals surface area (Å²) < 4.78 is 24.6. The van der Waals surface area contributed by atoms with Crippen molar-refractivity contribution in [1.29, 1.82) is 0 Å². The Labute approximate surface area is 96.5 Å². The summed E-state index contributed by atoms with van der Waals surface area (Å²) in [6, 6.07) is 0.962. The molecule has 0 amide bonds. The Bertz CT molecular complexity index is 403. The highest BCUT2D eigenvalue weighted by Crippen LogP contribution is 2.31. The Morgan fingerprint density at radius 3 is 2.67 bits per heavy atom. The third-order valence-electron chi connectivity index (χ3n) is 1.60. The van der Waals surface area contributed by atoms with E-state index in [1.54, 1.807) is 0 Å². The van der Waals surface area contributed by atoms with Crippen molar-refractivity contribution in [3.05, 3.63) is 32.6 Å². The van der Waals surface area contributed by atoms with Crippen molar-refractivity contribution in [1.82, 2.24) is 4.98 Å². The van der Waals surface area contributed by atoms with Crippen LogP contribution in [0.3, 0.4) is 0 Å². The molecule has 0 unspecified atom stereocenters. The Morgan fingerprint density at radius 1 is 1.67 bits per heavy atom. The van der Waals surface area contributed by atoms with Crippen LogP contribution in [0, 0.1) is 10.1 Å². The first-order valence-corrected chi connectivity index (χ1v) is 5.15. The third-order valence-corrected chi connectivity index (χ3v) is 2.47. The minimum Gasteiger partial charge on any atom is -0.258 e. The van der Waals surface area contributed by atoms with Crippen molar-refractivity contribution in [2.45, 2.75) is 11.8 Å². The first-order valence-electron chi connectivity index (χ1n) is 3.65. The molecule has 15 heavy (non-hydrogen) atoms. The van der Waals surface area contributed by atoms with Gasteiger partial charge in [-0.1, -0.05) is 27.5 Å². The van der Waals surface area contributed by atoms with Crippen LogP contribution in [0.2, 0.25) is 5.15 Å². The molecule has 0 fully saturated rings. The number of nitro groups is 1. The number of rotatable bonds is 3. The molecule has 0 atom stereocenters. The molecule has 1 aromatic rings. The topological polar surface area (TPSA) is 56.0 Å². The maximum Gasteiger partial charge on any atom is 0.310 e. The molecular formula is C7H4BrClF2N2O2. The number of hydrogen-bond acceptors (Lipinski definition) is 3. The molecule has 1 aromatic heterocycles. The predicted molar refractivity (Wildman–Crippen MR) is 53.5 cm³/mol. The van der Waals surface area contributed by atoms with Crippen molar-refractivity contribution in [2.75, 3.05) is 0 Å². The van der Waals surface area contributed by atoms with Gasteiger partial charge in [0.2, 0.25) is 5.15 Å². The number of pyridine rings is 1. The van der Waals surface area contributed by atoms with Crippen LogP contribution < -0.4 is 0 Å². The number of halogens is 4. The number of alkyl halides is 3. The minimum atomic E-state index is -2.80. The molecule has 0 aliphatic rings. The van der Waals surface area contributed by atoms with E-state index >= 15 is 0 Å². The lowest BCUT2D eigenvalue weighted by atomic mass is 10.2. The van der Waals surface area contributed by atoms with Gasteiger partial charge in [0, 0.05) is 10.9 Å². The highest BCUT2D eigenvalue weighted by atomic mass is 79.9. The van der Waals surface area contributed by atoms with Crippen molar-refractivity contribution >= 4 is 33.2 Å². The average Bonchev–Trinajstić information content (AvgIpc) is 2.15. The molecule has 8 heteroatoms. The van der Waals surface area contributed by atoms with Crippen LogP contribution in [0.15, 0.2) is 6.07 Å².